The second-order valence-electron chi connectivity index (χ2n) is 10.2. The van der Waals surface area contributed by atoms with Gasteiger partial charge >= 0.3 is 6.18 Å². The van der Waals surface area contributed by atoms with Gasteiger partial charge in [0.05, 0.1) is 5.69 Å². The summed E-state index contributed by atoms with van der Waals surface area (Å²) in [5.41, 5.74) is 3.29. The summed E-state index contributed by atoms with van der Waals surface area (Å²) in [5, 5.41) is 13.4. The molecule has 10 heteroatoms. The van der Waals surface area contributed by atoms with E-state index in [-0.39, 0.29) is 6.73 Å². The van der Waals surface area contributed by atoms with Crippen molar-refractivity contribution < 1.29 is 22.7 Å². The van der Waals surface area contributed by atoms with Crippen molar-refractivity contribution in [3.05, 3.63) is 78.0 Å². The number of anilines is 2. The molecule has 7 nitrogen and oxygen atoms in total. The minimum atomic E-state index is -4.98. The van der Waals surface area contributed by atoms with Gasteiger partial charge in [-0.1, -0.05) is 43.3 Å². The molecular weight excluding hydrogens is 519 g/mol. The van der Waals surface area contributed by atoms with Gasteiger partial charge in [-0.25, -0.2) is 0 Å². The van der Waals surface area contributed by atoms with Crippen molar-refractivity contribution in [1.29, 1.82) is 5.41 Å². The minimum absolute atomic E-state index is 0.151. The van der Waals surface area contributed by atoms with Gasteiger partial charge in [0.1, 0.15) is 6.73 Å². The Morgan fingerprint density at radius 3 is 2.55 bits per heavy atom. The highest BCUT2D eigenvalue weighted by atomic mass is 19.4. The van der Waals surface area contributed by atoms with E-state index >= 15 is 0 Å². The standard InChI is InChI=1S/C30H34F3N5O2/c1-20-6-5-15-38(18-20)19-40-27(28(34)30(31,32)33)29(39)37-24-12-10-23(11-13-24)26-14-9-22(17-36-26)16-35-25-8-4-3-7-21(25)2/h3-4,7-14,17,20,27,34-35H,5-6,15-16,18-19H2,1-2H3,(H,37,39). The van der Waals surface area contributed by atoms with Crippen LogP contribution in [0.5, 0.6) is 0 Å². The van der Waals surface area contributed by atoms with Gasteiger partial charge in [-0.2, -0.15) is 13.2 Å². The lowest BCUT2D eigenvalue weighted by atomic mass is 10.0. The Labute approximate surface area is 232 Å². The van der Waals surface area contributed by atoms with Crippen LogP contribution in [0, 0.1) is 18.3 Å². The Kier molecular flexibility index (Phi) is 9.54. The molecule has 1 aromatic heterocycles. The normalized spacial score (nSPS) is 16.8. The number of alkyl halides is 3. The van der Waals surface area contributed by atoms with Crippen LogP contribution in [0.1, 0.15) is 30.9 Å². The summed E-state index contributed by atoms with van der Waals surface area (Å²) >= 11 is 0. The maximum absolute atomic E-state index is 13.3. The van der Waals surface area contributed by atoms with E-state index in [0.717, 1.165) is 35.2 Å². The number of likely N-dealkylation sites (tertiary alicyclic amines) is 1. The summed E-state index contributed by atoms with van der Waals surface area (Å²) in [4.78, 5) is 19.2. The molecule has 0 spiro atoms. The average molecular weight is 554 g/mol. The molecule has 212 valence electrons. The summed E-state index contributed by atoms with van der Waals surface area (Å²) in [7, 11) is 0. The lowest BCUT2D eigenvalue weighted by Crippen LogP contribution is -2.47. The van der Waals surface area contributed by atoms with Crippen LogP contribution in [-0.4, -0.2) is 53.6 Å². The number of para-hydroxylation sites is 1. The van der Waals surface area contributed by atoms with Crippen LogP contribution in [0.2, 0.25) is 0 Å². The number of benzene rings is 2. The Hall–Kier alpha value is -3.76. The van der Waals surface area contributed by atoms with Crippen LogP contribution >= 0.6 is 0 Å². The summed E-state index contributed by atoms with van der Waals surface area (Å²) in [6.07, 6.45) is -3.32. The number of aryl methyl sites for hydroxylation is 1. The highest BCUT2D eigenvalue weighted by Gasteiger charge is 2.43. The molecule has 1 aliphatic heterocycles. The molecule has 2 unspecified atom stereocenters. The molecule has 3 N–H and O–H groups in total. The zero-order valence-corrected chi connectivity index (χ0v) is 22.6. The molecule has 0 saturated carbocycles. The lowest BCUT2D eigenvalue weighted by molar-refractivity contribution is -0.130. The number of hydrogen-bond donors (Lipinski definition) is 3. The topological polar surface area (TPSA) is 90.3 Å². The quantitative estimate of drug-likeness (QED) is 0.258. The first kappa shape index (κ1) is 29.2. The van der Waals surface area contributed by atoms with Crippen molar-refractivity contribution >= 4 is 23.0 Å². The van der Waals surface area contributed by atoms with Gasteiger partial charge in [0, 0.05) is 42.8 Å². The fraction of sp³-hybridized carbons (Fsp3) is 0.367. The number of piperidine rings is 1. The molecule has 2 atom stereocenters. The summed E-state index contributed by atoms with van der Waals surface area (Å²) in [5.74, 6) is -0.644. The number of nitrogens with one attached hydrogen (secondary N) is 3. The van der Waals surface area contributed by atoms with E-state index in [1.807, 2.05) is 48.2 Å². The Bertz CT molecular complexity index is 1300. The van der Waals surface area contributed by atoms with Crippen molar-refractivity contribution in [2.45, 2.75) is 45.5 Å². The highest BCUT2D eigenvalue weighted by molar-refractivity contribution is 6.12. The zero-order valence-electron chi connectivity index (χ0n) is 22.6. The van der Waals surface area contributed by atoms with Crippen molar-refractivity contribution in [2.75, 3.05) is 30.5 Å². The molecule has 0 radical (unpaired) electrons. The Morgan fingerprint density at radius 2 is 1.90 bits per heavy atom. The number of nitrogens with zero attached hydrogens (tertiary/aromatic N) is 2. The molecule has 2 aromatic carbocycles. The Balaban J connectivity index is 1.36. The zero-order chi connectivity index (χ0) is 28.7. The highest BCUT2D eigenvalue weighted by Crippen LogP contribution is 2.24. The molecule has 1 saturated heterocycles. The van der Waals surface area contributed by atoms with E-state index in [9.17, 15) is 18.0 Å². The van der Waals surface area contributed by atoms with Gasteiger partial charge in [0.15, 0.2) is 11.8 Å². The molecule has 2 heterocycles. The van der Waals surface area contributed by atoms with Gasteiger partial charge in [-0.3, -0.25) is 20.1 Å². The van der Waals surface area contributed by atoms with Crippen LogP contribution in [-0.2, 0) is 16.1 Å². The van der Waals surface area contributed by atoms with Crippen LogP contribution in [0.25, 0.3) is 11.3 Å². The average Bonchev–Trinajstić information content (AvgIpc) is 2.93. The molecular formula is C30H34F3N5O2. The first-order chi connectivity index (χ1) is 19.1. The number of halogens is 3. The van der Waals surface area contributed by atoms with Gasteiger partial charge in [-0.15, -0.1) is 0 Å². The second kappa shape index (κ2) is 13.1. The molecule has 40 heavy (non-hydrogen) atoms. The van der Waals surface area contributed by atoms with Crippen LogP contribution in [0.15, 0.2) is 66.9 Å². The third-order valence-electron chi connectivity index (χ3n) is 6.87. The molecule has 1 aliphatic rings. The summed E-state index contributed by atoms with van der Waals surface area (Å²) in [6.45, 7) is 5.92. The predicted octanol–water partition coefficient (Wildman–Crippen LogP) is 6.26. The predicted molar refractivity (Wildman–Crippen MR) is 150 cm³/mol. The van der Waals surface area contributed by atoms with Gasteiger partial charge in [0.25, 0.3) is 5.91 Å². The third kappa shape index (κ3) is 7.89. The van der Waals surface area contributed by atoms with Crippen molar-refractivity contribution in [3.63, 3.8) is 0 Å². The fourth-order valence-corrected chi connectivity index (χ4v) is 4.62. The van der Waals surface area contributed by atoms with Crippen LogP contribution in [0.4, 0.5) is 24.5 Å². The molecule has 1 fully saturated rings. The molecule has 3 aromatic rings. The number of pyridine rings is 1. The number of hydrogen-bond acceptors (Lipinski definition) is 6. The summed E-state index contributed by atoms with van der Waals surface area (Å²) in [6, 6.07) is 18.5. The van der Waals surface area contributed by atoms with E-state index in [2.05, 4.69) is 22.5 Å². The van der Waals surface area contributed by atoms with E-state index in [1.54, 1.807) is 30.5 Å². The first-order valence-corrected chi connectivity index (χ1v) is 13.3. The Morgan fingerprint density at radius 1 is 1.15 bits per heavy atom. The van der Waals surface area contributed by atoms with E-state index in [4.69, 9.17) is 10.1 Å². The first-order valence-electron chi connectivity index (χ1n) is 13.3. The molecule has 0 bridgehead atoms. The number of aromatic nitrogens is 1. The van der Waals surface area contributed by atoms with Crippen LogP contribution < -0.4 is 10.6 Å². The maximum atomic E-state index is 13.3. The number of ether oxygens (including phenoxy) is 1. The largest absolute Gasteiger partial charge is 0.431 e. The second-order valence-corrected chi connectivity index (χ2v) is 10.2. The van der Waals surface area contributed by atoms with Crippen LogP contribution in [0.3, 0.4) is 0 Å². The van der Waals surface area contributed by atoms with Gasteiger partial charge < -0.3 is 15.4 Å². The van der Waals surface area contributed by atoms with Crippen molar-refractivity contribution in [2.24, 2.45) is 5.92 Å². The van der Waals surface area contributed by atoms with E-state index in [1.165, 1.54) is 0 Å². The van der Waals surface area contributed by atoms with Crippen molar-refractivity contribution in [3.8, 4) is 11.3 Å². The third-order valence-corrected chi connectivity index (χ3v) is 6.87. The van der Waals surface area contributed by atoms with Crippen molar-refractivity contribution in [1.82, 2.24) is 9.88 Å². The monoisotopic (exact) mass is 553 g/mol. The molecule has 0 aliphatic carbocycles. The number of carbonyl (C=O) groups excluding carboxylic acids is 1. The number of rotatable bonds is 10. The van der Waals surface area contributed by atoms with Gasteiger partial charge in [-0.05, 0) is 61.1 Å². The fourth-order valence-electron chi connectivity index (χ4n) is 4.62. The molecule has 1 amide bonds. The van der Waals surface area contributed by atoms with E-state index < -0.39 is 23.9 Å². The van der Waals surface area contributed by atoms with Gasteiger partial charge in [0.2, 0.25) is 0 Å². The lowest BCUT2D eigenvalue weighted by Gasteiger charge is -2.31. The minimum Gasteiger partial charge on any atom is -0.381 e. The SMILES string of the molecule is Cc1ccccc1NCc1ccc(-c2ccc(NC(=O)C(OCN3CCCC(C)C3)C(=N)C(F)(F)F)cc2)nc1. The smallest absolute Gasteiger partial charge is 0.381 e. The number of carbonyl (C=O) groups is 1. The summed E-state index contributed by atoms with van der Waals surface area (Å²) < 4.78 is 45.4. The number of amides is 1. The molecule has 4 rings (SSSR count). The maximum Gasteiger partial charge on any atom is 0.431 e. The van der Waals surface area contributed by atoms with E-state index in [0.29, 0.717) is 36.9 Å².